The fourth-order valence-electron chi connectivity index (χ4n) is 2.86. The van der Waals surface area contributed by atoms with Crippen molar-refractivity contribution in [1.29, 1.82) is 0 Å². The number of benzene rings is 1. The normalized spacial score (nSPS) is 14.7. The van der Waals surface area contributed by atoms with Crippen molar-refractivity contribution in [3.05, 3.63) is 41.3 Å². The van der Waals surface area contributed by atoms with E-state index in [9.17, 15) is 13.2 Å². The average Bonchev–Trinajstić information content (AvgIpc) is 3.47. The van der Waals surface area contributed by atoms with Crippen LogP contribution < -0.4 is 5.32 Å². The van der Waals surface area contributed by atoms with E-state index in [2.05, 4.69) is 10.5 Å². The number of nitrogens with zero attached hydrogens (tertiary/aromatic N) is 2. The van der Waals surface area contributed by atoms with Crippen LogP contribution >= 0.6 is 0 Å². The van der Waals surface area contributed by atoms with Gasteiger partial charge in [-0.15, -0.1) is 0 Å². The summed E-state index contributed by atoms with van der Waals surface area (Å²) in [6, 6.07) is 6.65. The van der Waals surface area contributed by atoms with Crippen LogP contribution in [0.1, 0.15) is 43.7 Å². The number of sulfonamides is 1. The van der Waals surface area contributed by atoms with Crippen molar-refractivity contribution in [2.24, 2.45) is 5.92 Å². The molecule has 0 bridgehead atoms. The summed E-state index contributed by atoms with van der Waals surface area (Å²) in [5.41, 5.74) is 2.01. The minimum absolute atomic E-state index is 0.00749. The molecule has 150 valence electrons. The molecular formula is C20H25N3O4S. The monoisotopic (exact) mass is 403 g/mol. The lowest BCUT2D eigenvalue weighted by Gasteiger charge is -2.18. The Morgan fingerprint density at radius 1 is 1.21 bits per heavy atom. The number of hydrogen-bond donors (Lipinski definition) is 1. The Morgan fingerprint density at radius 2 is 1.86 bits per heavy atom. The number of nitrogens with one attached hydrogen (secondary N) is 1. The zero-order valence-corrected chi connectivity index (χ0v) is 17.1. The van der Waals surface area contributed by atoms with Gasteiger partial charge in [-0.05, 0) is 43.5 Å². The van der Waals surface area contributed by atoms with Gasteiger partial charge < -0.3 is 9.84 Å². The van der Waals surface area contributed by atoms with Gasteiger partial charge in [0.1, 0.15) is 11.4 Å². The third-order valence-corrected chi connectivity index (χ3v) is 6.80. The Bertz CT molecular complexity index is 969. The SMILES string of the molecule is CCN(CC)S(=O)(=O)c1ccc(/C=C\c2onc(C)c2NC(=O)C2CC2)cc1. The topological polar surface area (TPSA) is 92.5 Å². The van der Waals surface area contributed by atoms with E-state index in [4.69, 9.17) is 4.52 Å². The minimum Gasteiger partial charge on any atom is -0.354 e. The van der Waals surface area contributed by atoms with Gasteiger partial charge in [-0.3, -0.25) is 4.79 Å². The smallest absolute Gasteiger partial charge is 0.243 e. The molecule has 0 aliphatic heterocycles. The summed E-state index contributed by atoms with van der Waals surface area (Å²) in [5.74, 6) is 0.546. The Labute approximate surface area is 165 Å². The number of carbonyl (C=O) groups excluding carboxylic acids is 1. The molecule has 1 aromatic carbocycles. The number of aromatic nitrogens is 1. The molecular weight excluding hydrogens is 378 g/mol. The number of anilines is 1. The second kappa shape index (κ2) is 8.28. The number of amides is 1. The third kappa shape index (κ3) is 4.34. The zero-order chi connectivity index (χ0) is 20.3. The van der Waals surface area contributed by atoms with Crippen LogP contribution in [0.25, 0.3) is 12.2 Å². The van der Waals surface area contributed by atoms with E-state index >= 15 is 0 Å². The van der Waals surface area contributed by atoms with Crippen molar-refractivity contribution in [2.45, 2.75) is 38.5 Å². The molecule has 0 spiro atoms. The summed E-state index contributed by atoms with van der Waals surface area (Å²) in [6.45, 7) is 6.27. The summed E-state index contributed by atoms with van der Waals surface area (Å²) in [6.07, 6.45) is 5.35. The zero-order valence-electron chi connectivity index (χ0n) is 16.3. The maximum Gasteiger partial charge on any atom is 0.243 e. The van der Waals surface area contributed by atoms with Crippen molar-refractivity contribution in [1.82, 2.24) is 9.46 Å². The van der Waals surface area contributed by atoms with Crippen LogP contribution in [0.15, 0.2) is 33.7 Å². The summed E-state index contributed by atoms with van der Waals surface area (Å²) in [7, 11) is -3.47. The van der Waals surface area contributed by atoms with Gasteiger partial charge in [0, 0.05) is 19.0 Å². The van der Waals surface area contributed by atoms with Crippen LogP contribution in [-0.4, -0.2) is 36.9 Å². The van der Waals surface area contributed by atoms with Crippen LogP contribution in [0.4, 0.5) is 5.69 Å². The van der Waals surface area contributed by atoms with Gasteiger partial charge in [0.05, 0.1) is 4.90 Å². The second-order valence-electron chi connectivity index (χ2n) is 6.76. The van der Waals surface area contributed by atoms with Gasteiger partial charge in [0.15, 0.2) is 5.76 Å². The van der Waals surface area contributed by atoms with Gasteiger partial charge in [0.25, 0.3) is 0 Å². The third-order valence-electron chi connectivity index (χ3n) is 4.74. The molecule has 0 atom stereocenters. The maximum atomic E-state index is 12.5. The molecule has 0 radical (unpaired) electrons. The Balaban J connectivity index is 1.76. The molecule has 0 unspecified atom stereocenters. The molecule has 1 aliphatic carbocycles. The van der Waals surface area contributed by atoms with Crippen LogP contribution in [-0.2, 0) is 14.8 Å². The first-order chi connectivity index (χ1) is 13.4. The van der Waals surface area contributed by atoms with E-state index < -0.39 is 10.0 Å². The van der Waals surface area contributed by atoms with Crippen molar-refractivity contribution >= 4 is 33.8 Å². The molecule has 1 fully saturated rings. The minimum atomic E-state index is -3.47. The first-order valence-electron chi connectivity index (χ1n) is 9.42. The average molecular weight is 404 g/mol. The molecule has 1 heterocycles. The van der Waals surface area contributed by atoms with E-state index in [0.717, 1.165) is 18.4 Å². The van der Waals surface area contributed by atoms with Gasteiger partial charge in [-0.25, -0.2) is 8.42 Å². The first-order valence-corrected chi connectivity index (χ1v) is 10.9. The van der Waals surface area contributed by atoms with Gasteiger partial charge in [-0.2, -0.15) is 4.31 Å². The molecule has 1 saturated carbocycles. The van der Waals surface area contributed by atoms with Crippen LogP contribution in [0, 0.1) is 12.8 Å². The predicted molar refractivity (Wildman–Crippen MR) is 108 cm³/mol. The summed E-state index contributed by atoms with van der Waals surface area (Å²) < 4.78 is 31.8. The molecule has 1 aromatic heterocycles. The highest BCUT2D eigenvalue weighted by atomic mass is 32.2. The lowest BCUT2D eigenvalue weighted by Crippen LogP contribution is -2.30. The highest BCUT2D eigenvalue weighted by Gasteiger charge is 2.30. The van der Waals surface area contributed by atoms with Crippen molar-refractivity contribution < 1.29 is 17.7 Å². The molecule has 2 aromatic rings. The largest absolute Gasteiger partial charge is 0.354 e. The molecule has 8 heteroatoms. The summed E-state index contributed by atoms with van der Waals surface area (Å²) in [4.78, 5) is 12.3. The fourth-order valence-corrected chi connectivity index (χ4v) is 4.32. The molecule has 28 heavy (non-hydrogen) atoms. The Kier molecular flexibility index (Phi) is 6.00. The molecule has 3 rings (SSSR count). The summed E-state index contributed by atoms with van der Waals surface area (Å²) >= 11 is 0. The van der Waals surface area contributed by atoms with Gasteiger partial charge in [-0.1, -0.05) is 37.2 Å². The van der Waals surface area contributed by atoms with Gasteiger partial charge in [0.2, 0.25) is 15.9 Å². The number of hydrogen-bond acceptors (Lipinski definition) is 5. The molecule has 0 saturated heterocycles. The molecule has 7 nitrogen and oxygen atoms in total. The van der Waals surface area contributed by atoms with E-state index in [1.54, 1.807) is 43.3 Å². The lowest BCUT2D eigenvalue weighted by atomic mass is 10.2. The van der Waals surface area contributed by atoms with Crippen molar-refractivity contribution in [3.63, 3.8) is 0 Å². The fraction of sp³-hybridized carbons (Fsp3) is 0.400. The number of aryl methyl sites for hydroxylation is 1. The highest BCUT2D eigenvalue weighted by molar-refractivity contribution is 7.89. The Hall–Kier alpha value is -2.45. The van der Waals surface area contributed by atoms with Crippen molar-refractivity contribution in [3.8, 4) is 0 Å². The quantitative estimate of drug-likeness (QED) is 0.728. The number of carbonyl (C=O) groups is 1. The highest BCUT2D eigenvalue weighted by Crippen LogP contribution is 2.32. The first kappa shape index (κ1) is 20.3. The Morgan fingerprint density at radius 3 is 2.43 bits per heavy atom. The van der Waals surface area contributed by atoms with Crippen LogP contribution in [0.5, 0.6) is 0 Å². The predicted octanol–water partition coefficient (Wildman–Crippen LogP) is 3.53. The van der Waals surface area contributed by atoms with E-state index in [1.807, 2.05) is 13.8 Å². The van der Waals surface area contributed by atoms with Crippen molar-refractivity contribution in [2.75, 3.05) is 18.4 Å². The molecule has 1 amide bonds. The lowest BCUT2D eigenvalue weighted by molar-refractivity contribution is -0.117. The van der Waals surface area contributed by atoms with Crippen LogP contribution in [0.3, 0.4) is 0 Å². The number of rotatable bonds is 8. The van der Waals surface area contributed by atoms with E-state index in [0.29, 0.717) is 30.2 Å². The van der Waals surface area contributed by atoms with Crippen LogP contribution in [0.2, 0.25) is 0 Å². The second-order valence-corrected chi connectivity index (χ2v) is 8.70. The van der Waals surface area contributed by atoms with E-state index in [-0.39, 0.29) is 16.7 Å². The standard InChI is InChI=1S/C20H25N3O4S/c1-4-23(5-2)28(25,26)17-11-6-15(7-12-17)8-13-18-19(14(3)22-27-18)21-20(24)16-9-10-16/h6-8,11-13,16H,4-5,9-10H2,1-3H3,(H,21,24)/b13-8-. The van der Waals surface area contributed by atoms with E-state index in [1.165, 1.54) is 4.31 Å². The molecule has 1 N–H and O–H groups in total. The van der Waals surface area contributed by atoms with Gasteiger partial charge >= 0.3 is 0 Å². The summed E-state index contributed by atoms with van der Waals surface area (Å²) in [5, 5.41) is 6.80. The molecule has 1 aliphatic rings. The maximum absolute atomic E-state index is 12.5.